The number of hydrogen-bond donors (Lipinski definition) is 2. The zero-order valence-electron chi connectivity index (χ0n) is 20.5. The Bertz CT molecular complexity index is 1140. The van der Waals surface area contributed by atoms with Crippen molar-refractivity contribution in [2.45, 2.75) is 43.2 Å². The number of amides is 1. The van der Waals surface area contributed by atoms with Crippen molar-refractivity contribution >= 4 is 29.6 Å². The largest absolute Gasteiger partial charge is 0.490 e. The van der Waals surface area contributed by atoms with E-state index in [2.05, 4.69) is 10.1 Å². The summed E-state index contributed by atoms with van der Waals surface area (Å²) < 4.78 is 71.3. The van der Waals surface area contributed by atoms with Gasteiger partial charge in [-0.2, -0.15) is 31.4 Å². The summed E-state index contributed by atoms with van der Waals surface area (Å²) >= 11 is 1.94. The molecule has 2 aliphatic rings. The third-order valence-corrected chi connectivity index (χ3v) is 6.93. The van der Waals surface area contributed by atoms with Crippen molar-refractivity contribution in [2.75, 3.05) is 18.8 Å². The number of pyridine rings is 1. The lowest BCUT2D eigenvalue weighted by Crippen LogP contribution is -2.61. The van der Waals surface area contributed by atoms with Crippen LogP contribution in [0.1, 0.15) is 28.3 Å². The second-order valence-corrected chi connectivity index (χ2v) is 10.00. The molecule has 216 valence electrons. The number of likely N-dealkylation sites (tertiary alicyclic amines) is 1. The van der Waals surface area contributed by atoms with Crippen LogP contribution >= 0.6 is 11.8 Å². The van der Waals surface area contributed by atoms with E-state index in [4.69, 9.17) is 24.5 Å². The van der Waals surface area contributed by atoms with Crippen LogP contribution in [0.15, 0.2) is 30.5 Å². The van der Waals surface area contributed by atoms with Crippen molar-refractivity contribution in [3.05, 3.63) is 47.5 Å². The average molecular weight is 587 g/mol. The number of ether oxygens (including phenoxy) is 1. The number of carbonyl (C=O) groups excluding carboxylic acids is 1. The number of nitrogens with zero attached hydrogens (tertiary/aromatic N) is 4. The van der Waals surface area contributed by atoms with Gasteiger partial charge in [0.05, 0.1) is 23.2 Å². The van der Waals surface area contributed by atoms with E-state index in [1.807, 2.05) is 41.8 Å². The van der Waals surface area contributed by atoms with Gasteiger partial charge in [-0.25, -0.2) is 9.59 Å². The second-order valence-electron chi connectivity index (χ2n) is 8.51. The van der Waals surface area contributed by atoms with Crippen LogP contribution < -0.4 is 0 Å². The standard InChI is InChI=1S/C18H22N4O2S.2C2HF3O2/c1-13-4-3-5-14(20-13)9-24-15-8-18(25-10-15)11-22(12-18)17(23)16-6-7-19-21(16)2;2*3-2(4,5)1(6)7/h3-7,15H,8-12H2,1-2H3;2*(H,6,7). The molecule has 2 saturated heterocycles. The molecule has 1 amide bonds. The first-order valence-electron chi connectivity index (χ1n) is 11.0. The normalized spacial score (nSPS) is 17.8. The lowest BCUT2D eigenvalue weighted by Gasteiger charge is -2.47. The van der Waals surface area contributed by atoms with Gasteiger partial charge in [0.25, 0.3) is 5.91 Å². The van der Waals surface area contributed by atoms with Crippen LogP contribution in [-0.2, 0) is 28.0 Å². The Morgan fingerprint density at radius 1 is 1.08 bits per heavy atom. The number of aryl methyl sites for hydroxylation is 2. The lowest BCUT2D eigenvalue weighted by molar-refractivity contribution is -0.193. The fourth-order valence-corrected chi connectivity index (χ4v) is 5.10. The maximum absolute atomic E-state index is 12.5. The van der Waals surface area contributed by atoms with Gasteiger partial charge in [0, 0.05) is 37.8 Å². The van der Waals surface area contributed by atoms with Crippen LogP contribution in [0.4, 0.5) is 26.3 Å². The summed E-state index contributed by atoms with van der Waals surface area (Å²) in [5.74, 6) is -4.46. The minimum absolute atomic E-state index is 0.0690. The summed E-state index contributed by atoms with van der Waals surface area (Å²) in [6.07, 6.45) is -7.27. The molecule has 2 aromatic rings. The Labute approximate surface area is 221 Å². The fraction of sp³-hybridized carbons (Fsp3) is 0.500. The highest BCUT2D eigenvalue weighted by molar-refractivity contribution is 8.01. The number of aliphatic carboxylic acids is 2. The van der Waals surface area contributed by atoms with Crippen LogP contribution in [0, 0.1) is 6.92 Å². The first-order valence-corrected chi connectivity index (χ1v) is 12.0. The highest BCUT2D eigenvalue weighted by atomic mass is 32.2. The Kier molecular flexibility index (Phi) is 10.4. The maximum Gasteiger partial charge on any atom is 0.490 e. The summed E-state index contributed by atoms with van der Waals surface area (Å²) in [6, 6.07) is 7.78. The predicted molar refractivity (Wildman–Crippen MR) is 124 cm³/mol. The summed E-state index contributed by atoms with van der Waals surface area (Å²) in [6.45, 7) is 4.14. The molecule has 4 heterocycles. The van der Waals surface area contributed by atoms with E-state index in [1.165, 1.54) is 0 Å². The van der Waals surface area contributed by atoms with E-state index in [-0.39, 0.29) is 16.8 Å². The number of hydrogen-bond acceptors (Lipinski definition) is 7. The summed E-state index contributed by atoms with van der Waals surface area (Å²) in [5.41, 5.74) is 2.64. The van der Waals surface area contributed by atoms with E-state index >= 15 is 0 Å². The molecule has 2 aromatic heterocycles. The molecule has 0 bridgehead atoms. The molecule has 10 nitrogen and oxygen atoms in total. The Hall–Kier alpha value is -3.34. The van der Waals surface area contributed by atoms with E-state index in [0.717, 1.165) is 36.7 Å². The maximum atomic E-state index is 12.5. The Balaban J connectivity index is 0.000000317. The predicted octanol–water partition coefficient (Wildman–Crippen LogP) is 3.31. The van der Waals surface area contributed by atoms with Crippen molar-refractivity contribution in [1.82, 2.24) is 19.7 Å². The molecule has 1 unspecified atom stereocenters. The number of carbonyl (C=O) groups is 3. The van der Waals surface area contributed by atoms with Crippen molar-refractivity contribution in [1.29, 1.82) is 0 Å². The summed E-state index contributed by atoms with van der Waals surface area (Å²) in [7, 11) is 1.80. The van der Waals surface area contributed by atoms with Gasteiger partial charge in [-0.05, 0) is 31.5 Å². The summed E-state index contributed by atoms with van der Waals surface area (Å²) in [4.78, 5) is 36.7. The third kappa shape index (κ3) is 9.42. The molecule has 39 heavy (non-hydrogen) atoms. The minimum atomic E-state index is -5.08. The zero-order valence-corrected chi connectivity index (χ0v) is 21.3. The molecular weight excluding hydrogens is 562 g/mol. The molecular formula is C22H24F6N4O6S. The minimum Gasteiger partial charge on any atom is -0.475 e. The van der Waals surface area contributed by atoms with Crippen LogP contribution in [0.25, 0.3) is 0 Å². The van der Waals surface area contributed by atoms with Crippen LogP contribution in [0.3, 0.4) is 0 Å². The van der Waals surface area contributed by atoms with Gasteiger partial charge < -0.3 is 19.8 Å². The molecule has 0 aromatic carbocycles. The average Bonchev–Trinajstić information content (AvgIpc) is 3.42. The number of carboxylic acid groups (broad SMARTS) is 2. The first-order chi connectivity index (χ1) is 17.9. The first kappa shape index (κ1) is 31.9. The highest BCUT2D eigenvalue weighted by Crippen LogP contribution is 2.46. The second kappa shape index (κ2) is 12.7. The van der Waals surface area contributed by atoms with Gasteiger partial charge in [-0.15, -0.1) is 11.8 Å². The molecule has 2 N–H and O–H groups in total. The van der Waals surface area contributed by atoms with Crippen LogP contribution in [0.2, 0.25) is 0 Å². The zero-order chi connectivity index (χ0) is 29.6. The SMILES string of the molecule is Cc1cccc(COC2CSC3(C2)CN(C(=O)c2ccnn2C)C3)n1.O=C(O)C(F)(F)F.O=C(O)C(F)(F)F. The highest BCUT2D eigenvalue weighted by Gasteiger charge is 2.51. The number of thioether (sulfide) groups is 1. The number of alkyl halides is 6. The monoisotopic (exact) mass is 586 g/mol. The summed E-state index contributed by atoms with van der Waals surface area (Å²) in [5, 5.41) is 18.3. The lowest BCUT2D eigenvalue weighted by atomic mass is 9.92. The molecule has 0 radical (unpaired) electrons. The van der Waals surface area contributed by atoms with E-state index in [9.17, 15) is 31.1 Å². The van der Waals surface area contributed by atoms with Gasteiger partial charge in [0.15, 0.2) is 0 Å². The van der Waals surface area contributed by atoms with Gasteiger partial charge >= 0.3 is 24.3 Å². The molecule has 0 aliphatic carbocycles. The number of carboxylic acids is 2. The molecule has 1 spiro atoms. The van der Waals surface area contributed by atoms with E-state index in [0.29, 0.717) is 12.3 Å². The van der Waals surface area contributed by atoms with Crippen molar-refractivity contribution in [3.8, 4) is 0 Å². The Morgan fingerprint density at radius 3 is 2.10 bits per heavy atom. The third-order valence-electron chi connectivity index (χ3n) is 5.36. The van der Waals surface area contributed by atoms with Crippen LogP contribution in [0.5, 0.6) is 0 Å². The van der Waals surface area contributed by atoms with Crippen molar-refractivity contribution < 1.29 is 55.7 Å². The number of halogens is 6. The van der Waals surface area contributed by atoms with E-state index in [1.54, 1.807) is 24.0 Å². The molecule has 4 rings (SSSR count). The van der Waals surface area contributed by atoms with Crippen molar-refractivity contribution in [2.24, 2.45) is 7.05 Å². The smallest absolute Gasteiger partial charge is 0.475 e. The van der Waals surface area contributed by atoms with Gasteiger partial charge in [0.2, 0.25) is 0 Å². The quantitative estimate of drug-likeness (QED) is 0.518. The van der Waals surface area contributed by atoms with E-state index < -0.39 is 24.3 Å². The van der Waals surface area contributed by atoms with Gasteiger partial charge in [-0.1, -0.05) is 6.07 Å². The van der Waals surface area contributed by atoms with Gasteiger partial charge in [0.1, 0.15) is 5.69 Å². The topological polar surface area (TPSA) is 135 Å². The molecule has 2 aliphatic heterocycles. The van der Waals surface area contributed by atoms with Gasteiger partial charge in [-0.3, -0.25) is 14.5 Å². The number of aromatic nitrogens is 3. The molecule has 1 atom stereocenters. The van der Waals surface area contributed by atoms with Crippen LogP contribution in [-0.4, -0.2) is 89.8 Å². The molecule has 17 heteroatoms. The fourth-order valence-electron chi connectivity index (χ4n) is 3.55. The molecule has 2 fully saturated rings. The Morgan fingerprint density at radius 2 is 1.64 bits per heavy atom. The molecule has 0 saturated carbocycles. The van der Waals surface area contributed by atoms with Crippen molar-refractivity contribution in [3.63, 3.8) is 0 Å². The number of rotatable bonds is 4.